The van der Waals surface area contributed by atoms with Crippen LogP contribution in [0.3, 0.4) is 0 Å². The molecule has 1 amide bonds. The Balaban J connectivity index is 1.65. The zero-order valence-corrected chi connectivity index (χ0v) is 13.6. The Kier molecular flexibility index (Phi) is 4.72. The molecule has 0 radical (unpaired) electrons. The maximum Gasteiger partial charge on any atom is 0.350 e. The Morgan fingerprint density at radius 3 is 2.71 bits per heavy atom. The number of carbonyl (C=O) groups is 2. The molecule has 0 fully saturated rings. The van der Waals surface area contributed by atoms with Crippen LogP contribution in [-0.4, -0.2) is 16.9 Å². The molecule has 0 aliphatic rings. The molecule has 6 nitrogen and oxygen atoms in total. The van der Waals surface area contributed by atoms with Crippen LogP contribution in [0.1, 0.15) is 31.5 Å². The molecule has 0 saturated carbocycles. The zero-order chi connectivity index (χ0) is 16.9. The SMILES string of the molecule is Cc1nc(NC(=O)c2ccco2)sc1C(=O)OCc1ccccc1. The van der Waals surface area contributed by atoms with Crippen molar-refractivity contribution in [2.24, 2.45) is 0 Å². The van der Waals surface area contributed by atoms with Gasteiger partial charge < -0.3 is 9.15 Å². The van der Waals surface area contributed by atoms with Gasteiger partial charge in [0.2, 0.25) is 0 Å². The standard InChI is InChI=1S/C17H14N2O4S/c1-11-14(16(21)23-10-12-6-3-2-4-7-12)24-17(18-11)19-15(20)13-8-5-9-22-13/h2-9H,10H2,1H3,(H,18,19,20). The van der Waals surface area contributed by atoms with Crippen LogP contribution in [0.5, 0.6) is 0 Å². The molecule has 0 spiro atoms. The highest BCUT2D eigenvalue weighted by molar-refractivity contribution is 7.17. The Labute approximate surface area is 142 Å². The molecule has 0 unspecified atom stereocenters. The third-order valence-electron chi connectivity index (χ3n) is 3.16. The molecular formula is C17H14N2O4S. The highest BCUT2D eigenvalue weighted by Gasteiger charge is 2.19. The number of carbonyl (C=O) groups excluding carboxylic acids is 2. The van der Waals surface area contributed by atoms with Gasteiger partial charge in [-0.2, -0.15) is 0 Å². The number of anilines is 1. The number of hydrogen-bond acceptors (Lipinski definition) is 6. The van der Waals surface area contributed by atoms with Crippen LogP contribution in [0.15, 0.2) is 53.1 Å². The fraction of sp³-hybridized carbons (Fsp3) is 0.118. The molecule has 0 aliphatic carbocycles. The van der Waals surface area contributed by atoms with E-state index >= 15 is 0 Å². The van der Waals surface area contributed by atoms with Crippen LogP contribution in [0.2, 0.25) is 0 Å². The van der Waals surface area contributed by atoms with E-state index in [1.165, 1.54) is 6.26 Å². The fourth-order valence-electron chi connectivity index (χ4n) is 1.99. The van der Waals surface area contributed by atoms with Gasteiger partial charge in [0.05, 0.1) is 12.0 Å². The summed E-state index contributed by atoms with van der Waals surface area (Å²) in [6, 6.07) is 12.6. The Hall–Kier alpha value is -2.93. The van der Waals surface area contributed by atoms with Gasteiger partial charge in [0.25, 0.3) is 5.91 Å². The first-order valence-electron chi connectivity index (χ1n) is 7.17. The quantitative estimate of drug-likeness (QED) is 0.716. The Bertz CT molecular complexity index is 841. The second kappa shape index (κ2) is 7.10. The zero-order valence-electron chi connectivity index (χ0n) is 12.8. The number of furan rings is 1. The Morgan fingerprint density at radius 1 is 1.21 bits per heavy atom. The van der Waals surface area contributed by atoms with Crippen LogP contribution < -0.4 is 5.32 Å². The number of aromatic nitrogens is 1. The topological polar surface area (TPSA) is 81.4 Å². The lowest BCUT2D eigenvalue weighted by molar-refractivity contribution is 0.0477. The Morgan fingerprint density at radius 2 is 2.00 bits per heavy atom. The van der Waals surface area contributed by atoms with E-state index in [0.717, 1.165) is 16.9 Å². The van der Waals surface area contributed by atoms with Gasteiger partial charge in [0.15, 0.2) is 10.9 Å². The van der Waals surface area contributed by atoms with Crippen molar-refractivity contribution in [2.75, 3.05) is 5.32 Å². The van der Waals surface area contributed by atoms with Crippen LogP contribution >= 0.6 is 11.3 Å². The second-order valence-electron chi connectivity index (χ2n) is 4.93. The highest BCUT2D eigenvalue weighted by Crippen LogP contribution is 2.24. The average molecular weight is 342 g/mol. The van der Waals surface area contributed by atoms with Gasteiger partial charge in [0, 0.05) is 0 Å². The number of aryl methyl sites for hydroxylation is 1. The highest BCUT2D eigenvalue weighted by atomic mass is 32.1. The van der Waals surface area contributed by atoms with Gasteiger partial charge in [0.1, 0.15) is 11.5 Å². The maximum absolute atomic E-state index is 12.2. The third kappa shape index (κ3) is 3.69. The summed E-state index contributed by atoms with van der Waals surface area (Å²) in [5, 5.41) is 2.92. The lowest BCUT2D eigenvalue weighted by Crippen LogP contribution is -2.10. The number of ether oxygens (including phenoxy) is 1. The average Bonchev–Trinajstić information content (AvgIpc) is 3.23. The van der Waals surface area contributed by atoms with Gasteiger partial charge in [-0.15, -0.1) is 0 Å². The van der Waals surface area contributed by atoms with Crippen molar-refractivity contribution in [2.45, 2.75) is 13.5 Å². The third-order valence-corrected chi connectivity index (χ3v) is 4.21. The first-order valence-corrected chi connectivity index (χ1v) is 7.98. The first-order chi connectivity index (χ1) is 11.6. The molecule has 3 aromatic rings. The van der Waals surface area contributed by atoms with E-state index in [1.807, 2.05) is 30.3 Å². The summed E-state index contributed by atoms with van der Waals surface area (Å²) >= 11 is 1.07. The summed E-state index contributed by atoms with van der Waals surface area (Å²) < 4.78 is 10.3. The minimum atomic E-state index is -0.465. The molecule has 7 heteroatoms. The number of thiazole rings is 1. The number of rotatable bonds is 5. The van der Waals surface area contributed by atoms with Crippen molar-refractivity contribution < 1.29 is 18.7 Å². The van der Waals surface area contributed by atoms with E-state index in [2.05, 4.69) is 10.3 Å². The molecule has 0 atom stereocenters. The number of nitrogens with one attached hydrogen (secondary N) is 1. The largest absolute Gasteiger partial charge is 0.459 e. The molecular weight excluding hydrogens is 328 g/mol. The summed E-state index contributed by atoms with van der Waals surface area (Å²) in [6.07, 6.45) is 1.41. The van der Waals surface area contributed by atoms with Crippen LogP contribution in [0.25, 0.3) is 0 Å². The minimum absolute atomic E-state index is 0.177. The normalized spacial score (nSPS) is 10.4. The first kappa shape index (κ1) is 15.9. The van der Waals surface area contributed by atoms with Crippen molar-refractivity contribution in [1.82, 2.24) is 4.98 Å². The molecule has 24 heavy (non-hydrogen) atoms. The molecule has 1 N–H and O–H groups in total. The van der Waals surface area contributed by atoms with Crippen molar-refractivity contribution in [3.63, 3.8) is 0 Å². The molecule has 0 saturated heterocycles. The van der Waals surface area contributed by atoms with Crippen molar-refractivity contribution in [1.29, 1.82) is 0 Å². The minimum Gasteiger partial charge on any atom is -0.459 e. The lowest BCUT2D eigenvalue weighted by atomic mass is 10.2. The van der Waals surface area contributed by atoms with E-state index in [9.17, 15) is 9.59 Å². The van der Waals surface area contributed by atoms with Crippen LogP contribution in [0, 0.1) is 6.92 Å². The molecule has 2 aromatic heterocycles. The summed E-state index contributed by atoms with van der Waals surface area (Å²) in [4.78, 5) is 28.6. The second-order valence-corrected chi connectivity index (χ2v) is 5.93. The van der Waals surface area contributed by atoms with Crippen molar-refractivity contribution in [3.05, 3.63) is 70.6 Å². The van der Waals surface area contributed by atoms with Gasteiger partial charge in [-0.3, -0.25) is 10.1 Å². The van der Waals surface area contributed by atoms with Gasteiger partial charge in [-0.25, -0.2) is 9.78 Å². The van der Waals surface area contributed by atoms with Crippen molar-refractivity contribution in [3.8, 4) is 0 Å². The van der Waals surface area contributed by atoms with Crippen LogP contribution in [-0.2, 0) is 11.3 Å². The number of amides is 1. The number of esters is 1. The molecule has 0 bridgehead atoms. The lowest BCUT2D eigenvalue weighted by Gasteiger charge is -2.03. The van der Waals surface area contributed by atoms with Crippen LogP contribution in [0.4, 0.5) is 5.13 Å². The monoisotopic (exact) mass is 342 g/mol. The summed E-state index contributed by atoms with van der Waals surface area (Å²) in [7, 11) is 0. The summed E-state index contributed by atoms with van der Waals surface area (Å²) in [5.74, 6) is -0.707. The number of hydrogen-bond donors (Lipinski definition) is 1. The summed E-state index contributed by atoms with van der Waals surface area (Å²) in [6.45, 7) is 1.88. The molecule has 3 rings (SSSR count). The van der Waals surface area contributed by atoms with E-state index < -0.39 is 11.9 Å². The number of nitrogens with zero attached hydrogens (tertiary/aromatic N) is 1. The maximum atomic E-state index is 12.2. The smallest absolute Gasteiger partial charge is 0.350 e. The van der Waals surface area contributed by atoms with E-state index in [-0.39, 0.29) is 12.4 Å². The van der Waals surface area contributed by atoms with E-state index in [4.69, 9.17) is 9.15 Å². The van der Waals surface area contributed by atoms with E-state index in [1.54, 1.807) is 19.1 Å². The molecule has 122 valence electrons. The van der Waals surface area contributed by atoms with Gasteiger partial charge >= 0.3 is 5.97 Å². The van der Waals surface area contributed by atoms with E-state index in [0.29, 0.717) is 15.7 Å². The fourth-order valence-corrected chi connectivity index (χ4v) is 2.85. The molecule has 1 aromatic carbocycles. The van der Waals surface area contributed by atoms with Gasteiger partial charge in [-0.1, -0.05) is 41.7 Å². The predicted octanol–water partition coefficient (Wildman–Crippen LogP) is 3.65. The predicted molar refractivity (Wildman–Crippen MR) is 89.1 cm³/mol. The number of benzene rings is 1. The summed E-state index contributed by atoms with van der Waals surface area (Å²) in [5.41, 5.74) is 1.41. The van der Waals surface area contributed by atoms with Gasteiger partial charge in [-0.05, 0) is 24.6 Å². The van der Waals surface area contributed by atoms with Crippen molar-refractivity contribution >= 4 is 28.3 Å². The molecule has 2 heterocycles. The molecule has 0 aliphatic heterocycles.